The number of hydrogen-bond donors (Lipinski definition) is 1. The lowest BCUT2D eigenvalue weighted by Crippen LogP contribution is -2.44. The highest BCUT2D eigenvalue weighted by molar-refractivity contribution is 7.09. The summed E-state index contributed by atoms with van der Waals surface area (Å²) in [4.78, 5) is 26.8. The van der Waals surface area contributed by atoms with Crippen molar-refractivity contribution in [2.24, 2.45) is 5.92 Å². The van der Waals surface area contributed by atoms with Crippen LogP contribution in [0.25, 0.3) is 0 Å². The van der Waals surface area contributed by atoms with Crippen molar-refractivity contribution in [3.05, 3.63) is 22.4 Å². The van der Waals surface area contributed by atoms with Crippen LogP contribution >= 0.6 is 11.3 Å². The Bertz CT molecular complexity index is 461. The summed E-state index contributed by atoms with van der Waals surface area (Å²) >= 11 is 1.70. The molecule has 1 atom stereocenters. The predicted molar refractivity (Wildman–Crippen MR) is 82.2 cm³/mol. The largest absolute Gasteiger partial charge is 0.469 e. The number of likely N-dealkylation sites (tertiary alicyclic amines) is 1. The number of methoxy groups -OCH3 is 1. The number of amides is 1. The average Bonchev–Trinajstić information content (AvgIpc) is 3.00. The summed E-state index contributed by atoms with van der Waals surface area (Å²) in [6.07, 6.45) is 2.65. The maximum Gasteiger partial charge on any atom is 0.309 e. The van der Waals surface area contributed by atoms with Crippen LogP contribution in [0.15, 0.2) is 17.5 Å². The third kappa shape index (κ3) is 5.13. The third-order valence-corrected chi connectivity index (χ3v) is 4.62. The molecule has 0 aliphatic carbocycles. The number of nitrogens with one attached hydrogen (secondary N) is 1. The van der Waals surface area contributed by atoms with Crippen molar-refractivity contribution < 1.29 is 14.3 Å². The molecular weight excluding hydrogens is 288 g/mol. The van der Waals surface area contributed by atoms with Crippen LogP contribution in [-0.4, -0.2) is 50.1 Å². The number of carbonyl (C=O) groups excluding carboxylic acids is 2. The van der Waals surface area contributed by atoms with Gasteiger partial charge in [0.15, 0.2) is 0 Å². The highest BCUT2D eigenvalue weighted by atomic mass is 32.1. The van der Waals surface area contributed by atoms with Crippen molar-refractivity contribution >= 4 is 23.2 Å². The van der Waals surface area contributed by atoms with E-state index in [9.17, 15) is 9.59 Å². The number of hydrogen-bond acceptors (Lipinski definition) is 5. The normalized spacial score (nSPS) is 19.2. The lowest BCUT2D eigenvalue weighted by atomic mass is 9.98. The van der Waals surface area contributed by atoms with Crippen LogP contribution in [0, 0.1) is 5.92 Å². The van der Waals surface area contributed by atoms with Crippen molar-refractivity contribution in [2.45, 2.75) is 19.3 Å². The van der Waals surface area contributed by atoms with Crippen LogP contribution in [0.1, 0.15) is 17.7 Å². The highest BCUT2D eigenvalue weighted by Gasteiger charge is 2.27. The molecular formula is C15H22N2O3S. The van der Waals surface area contributed by atoms with E-state index in [4.69, 9.17) is 4.74 Å². The molecule has 0 spiro atoms. The Morgan fingerprint density at radius 2 is 2.38 bits per heavy atom. The molecule has 116 valence electrons. The van der Waals surface area contributed by atoms with Crippen molar-refractivity contribution in [1.82, 2.24) is 10.2 Å². The van der Waals surface area contributed by atoms with Gasteiger partial charge in [0, 0.05) is 18.0 Å². The first kappa shape index (κ1) is 16.0. The van der Waals surface area contributed by atoms with Crippen molar-refractivity contribution in [2.75, 3.05) is 33.3 Å². The summed E-state index contributed by atoms with van der Waals surface area (Å²) in [5.74, 6) is -0.238. The summed E-state index contributed by atoms with van der Waals surface area (Å²) < 4.78 is 4.78. The molecule has 21 heavy (non-hydrogen) atoms. The zero-order valence-electron chi connectivity index (χ0n) is 12.3. The van der Waals surface area contributed by atoms with Gasteiger partial charge in [0.2, 0.25) is 5.91 Å². The number of rotatable bonds is 6. The van der Waals surface area contributed by atoms with E-state index in [1.807, 2.05) is 16.3 Å². The molecule has 1 aromatic rings. The van der Waals surface area contributed by atoms with Gasteiger partial charge in [0.1, 0.15) is 0 Å². The summed E-state index contributed by atoms with van der Waals surface area (Å²) in [7, 11) is 1.42. The van der Waals surface area contributed by atoms with Crippen LogP contribution < -0.4 is 5.32 Å². The fraction of sp³-hybridized carbons (Fsp3) is 0.600. The zero-order chi connectivity index (χ0) is 15.1. The lowest BCUT2D eigenvalue weighted by molar-refractivity contribution is -0.147. The molecule has 0 unspecified atom stereocenters. The van der Waals surface area contributed by atoms with E-state index in [-0.39, 0.29) is 17.8 Å². The van der Waals surface area contributed by atoms with Crippen LogP contribution in [0.4, 0.5) is 0 Å². The summed E-state index contributed by atoms with van der Waals surface area (Å²) in [5, 5.41) is 4.98. The quantitative estimate of drug-likeness (QED) is 0.805. The second-order valence-electron chi connectivity index (χ2n) is 5.28. The minimum Gasteiger partial charge on any atom is -0.469 e. The number of esters is 1. The molecule has 2 heterocycles. The molecule has 0 radical (unpaired) electrons. The molecule has 0 saturated carbocycles. The van der Waals surface area contributed by atoms with E-state index < -0.39 is 0 Å². The number of ether oxygens (including phenoxy) is 1. The minimum absolute atomic E-state index is 0.0251. The smallest absolute Gasteiger partial charge is 0.309 e. The molecule has 2 rings (SSSR count). The Kier molecular flexibility index (Phi) is 6.20. The number of carbonyl (C=O) groups is 2. The first-order valence-electron chi connectivity index (χ1n) is 7.28. The molecule has 0 bridgehead atoms. The second kappa shape index (κ2) is 8.14. The van der Waals surface area contributed by atoms with Gasteiger partial charge in [0.25, 0.3) is 0 Å². The summed E-state index contributed by atoms with van der Waals surface area (Å²) in [5.41, 5.74) is 0. The number of thiophene rings is 1. The Morgan fingerprint density at radius 1 is 1.52 bits per heavy atom. The summed E-state index contributed by atoms with van der Waals surface area (Å²) in [6, 6.07) is 4.09. The first-order chi connectivity index (χ1) is 10.2. The zero-order valence-corrected chi connectivity index (χ0v) is 13.2. The lowest BCUT2D eigenvalue weighted by Gasteiger charge is -2.30. The van der Waals surface area contributed by atoms with E-state index in [0.29, 0.717) is 19.6 Å². The Morgan fingerprint density at radius 3 is 3.10 bits per heavy atom. The Balaban J connectivity index is 1.68. The SMILES string of the molecule is COC(=O)[C@H]1CCCN(CC(=O)NCCc2cccs2)C1. The van der Waals surface area contributed by atoms with E-state index in [0.717, 1.165) is 25.8 Å². The molecule has 1 saturated heterocycles. The van der Waals surface area contributed by atoms with Crippen LogP contribution in [-0.2, 0) is 20.7 Å². The van der Waals surface area contributed by atoms with E-state index in [1.165, 1.54) is 12.0 Å². The van der Waals surface area contributed by atoms with Gasteiger partial charge in [-0.25, -0.2) is 0 Å². The summed E-state index contributed by atoms with van der Waals surface area (Å²) in [6.45, 7) is 2.50. The van der Waals surface area contributed by atoms with Crippen LogP contribution in [0.3, 0.4) is 0 Å². The molecule has 6 heteroatoms. The standard InChI is InChI=1S/C15H22N2O3S/c1-20-15(19)12-4-2-8-17(10-12)11-14(18)16-7-6-13-5-3-9-21-13/h3,5,9,12H,2,4,6-8,10-11H2,1H3,(H,16,18)/t12-/m0/s1. The van der Waals surface area contributed by atoms with Gasteiger partial charge in [-0.05, 0) is 37.3 Å². The molecule has 1 aromatic heterocycles. The maximum atomic E-state index is 11.9. The van der Waals surface area contributed by atoms with Gasteiger partial charge in [-0.3, -0.25) is 14.5 Å². The molecule has 1 amide bonds. The first-order valence-corrected chi connectivity index (χ1v) is 8.16. The molecule has 1 N–H and O–H groups in total. The fourth-order valence-corrected chi connectivity index (χ4v) is 3.31. The van der Waals surface area contributed by atoms with E-state index in [2.05, 4.69) is 11.4 Å². The Labute approximate surface area is 129 Å². The fourth-order valence-electron chi connectivity index (χ4n) is 2.60. The topological polar surface area (TPSA) is 58.6 Å². The van der Waals surface area contributed by atoms with Crippen molar-refractivity contribution in [3.63, 3.8) is 0 Å². The van der Waals surface area contributed by atoms with Gasteiger partial charge in [-0.2, -0.15) is 0 Å². The molecule has 5 nitrogen and oxygen atoms in total. The third-order valence-electron chi connectivity index (χ3n) is 3.68. The monoisotopic (exact) mass is 310 g/mol. The van der Waals surface area contributed by atoms with Crippen molar-refractivity contribution in [3.8, 4) is 0 Å². The predicted octanol–water partition coefficient (Wildman–Crippen LogP) is 1.29. The van der Waals surface area contributed by atoms with Crippen LogP contribution in [0.5, 0.6) is 0 Å². The van der Waals surface area contributed by atoms with Crippen LogP contribution in [0.2, 0.25) is 0 Å². The van der Waals surface area contributed by atoms with Gasteiger partial charge in [-0.1, -0.05) is 6.07 Å². The van der Waals surface area contributed by atoms with Crippen molar-refractivity contribution in [1.29, 1.82) is 0 Å². The molecule has 1 aliphatic heterocycles. The molecule has 1 aliphatic rings. The number of nitrogens with zero attached hydrogens (tertiary/aromatic N) is 1. The van der Waals surface area contributed by atoms with Gasteiger partial charge in [0.05, 0.1) is 19.6 Å². The Hall–Kier alpha value is -1.40. The van der Waals surface area contributed by atoms with Gasteiger partial charge < -0.3 is 10.1 Å². The molecule has 1 fully saturated rings. The average molecular weight is 310 g/mol. The number of piperidine rings is 1. The highest BCUT2D eigenvalue weighted by Crippen LogP contribution is 2.17. The van der Waals surface area contributed by atoms with Gasteiger partial charge in [-0.15, -0.1) is 11.3 Å². The second-order valence-corrected chi connectivity index (χ2v) is 6.31. The van der Waals surface area contributed by atoms with Gasteiger partial charge >= 0.3 is 5.97 Å². The minimum atomic E-state index is -0.169. The maximum absolute atomic E-state index is 11.9. The molecule has 0 aromatic carbocycles. The van der Waals surface area contributed by atoms with E-state index in [1.54, 1.807) is 11.3 Å². The van der Waals surface area contributed by atoms with E-state index >= 15 is 0 Å².